The van der Waals surface area contributed by atoms with Gasteiger partial charge in [0.15, 0.2) is 0 Å². The fourth-order valence-corrected chi connectivity index (χ4v) is 10.1. The lowest BCUT2D eigenvalue weighted by Gasteiger charge is -2.51. The molecule has 2 heterocycles. The number of piperidine rings is 1. The molecule has 4 rings (SSSR count). The van der Waals surface area contributed by atoms with Gasteiger partial charge in [-0.3, -0.25) is 4.90 Å². The normalized spacial score (nSPS) is 28.2. The zero-order valence-electron chi connectivity index (χ0n) is 23.2. The molecule has 1 aliphatic carbocycles. The number of likely N-dealkylation sites (tertiary alicyclic amines) is 1. The Morgan fingerprint density at radius 2 is 1.86 bits per heavy atom. The van der Waals surface area contributed by atoms with E-state index in [1.54, 1.807) is 5.56 Å². The van der Waals surface area contributed by atoms with Gasteiger partial charge in [0.25, 0.3) is 0 Å². The van der Waals surface area contributed by atoms with Crippen molar-refractivity contribution in [2.75, 3.05) is 31.5 Å². The average Bonchev–Trinajstić information content (AvgIpc) is 3.14. The zero-order chi connectivity index (χ0) is 25.7. The first-order valence-corrected chi connectivity index (χ1v) is 17.7. The van der Waals surface area contributed by atoms with Crippen molar-refractivity contribution in [2.45, 2.75) is 109 Å². The van der Waals surface area contributed by atoms with Crippen LogP contribution in [0.3, 0.4) is 0 Å². The summed E-state index contributed by atoms with van der Waals surface area (Å²) in [6, 6.07) is 5.53. The van der Waals surface area contributed by atoms with Gasteiger partial charge in [-0.05, 0) is 68.0 Å². The molecular formula is C28H47BrN4OSi. The van der Waals surface area contributed by atoms with Crippen LogP contribution in [0.4, 0.5) is 10.5 Å². The van der Waals surface area contributed by atoms with Gasteiger partial charge >= 0.3 is 6.03 Å². The number of rotatable bonds is 6. The number of benzene rings is 1. The third-order valence-electron chi connectivity index (χ3n) is 9.68. The lowest BCUT2D eigenvalue weighted by atomic mass is 9.69. The van der Waals surface area contributed by atoms with Crippen molar-refractivity contribution in [3.8, 4) is 0 Å². The highest BCUT2D eigenvalue weighted by Crippen LogP contribution is 2.56. The fraction of sp³-hybridized carbons (Fsp3) is 0.750. The molecule has 5 atom stereocenters. The number of nitrogens with one attached hydrogen (secondary N) is 2. The van der Waals surface area contributed by atoms with Gasteiger partial charge in [-0.15, -0.1) is 0 Å². The Balaban J connectivity index is 1.71. The summed E-state index contributed by atoms with van der Waals surface area (Å²) in [5, 5.41) is 7.81. The Bertz CT molecular complexity index is 942. The number of carbonyl (C=O) groups is 1. The molecule has 0 aromatic heterocycles. The van der Waals surface area contributed by atoms with Gasteiger partial charge in [-0.1, -0.05) is 56.7 Å². The average molecular weight is 564 g/mol. The smallest absolute Gasteiger partial charge is 0.317 e. The van der Waals surface area contributed by atoms with Gasteiger partial charge < -0.3 is 15.5 Å². The van der Waals surface area contributed by atoms with Crippen molar-refractivity contribution in [1.82, 2.24) is 15.1 Å². The maximum absolute atomic E-state index is 12.9. The van der Waals surface area contributed by atoms with Crippen LogP contribution >= 0.6 is 15.9 Å². The lowest BCUT2D eigenvalue weighted by molar-refractivity contribution is 0.0827. The van der Waals surface area contributed by atoms with Crippen molar-refractivity contribution >= 4 is 35.7 Å². The van der Waals surface area contributed by atoms with Crippen molar-refractivity contribution in [2.24, 2.45) is 0 Å². The van der Waals surface area contributed by atoms with Crippen LogP contribution in [0.1, 0.15) is 83.8 Å². The number of halogens is 1. The summed E-state index contributed by atoms with van der Waals surface area (Å²) in [4.78, 5) is 17.6. The van der Waals surface area contributed by atoms with Gasteiger partial charge in [0.2, 0.25) is 0 Å². The number of hydrogen-bond donors (Lipinski definition) is 2. The first kappa shape index (κ1) is 27.0. The van der Waals surface area contributed by atoms with E-state index < -0.39 is 8.07 Å². The summed E-state index contributed by atoms with van der Waals surface area (Å²) >= 11 is 3.85. The van der Waals surface area contributed by atoms with Crippen molar-refractivity contribution in [3.05, 3.63) is 27.7 Å². The molecule has 0 saturated carbocycles. The minimum absolute atomic E-state index is 0.0858. The second-order valence-corrected chi connectivity index (χ2v) is 19.1. The first-order valence-electron chi connectivity index (χ1n) is 13.8. The second-order valence-electron chi connectivity index (χ2n) is 12.6. The Hall–Kier alpha value is -1.05. The molecule has 1 aromatic carbocycles. The van der Waals surface area contributed by atoms with Gasteiger partial charge in [0.05, 0.1) is 8.07 Å². The van der Waals surface area contributed by atoms with Gasteiger partial charge in [-0.2, -0.15) is 0 Å². The van der Waals surface area contributed by atoms with Crippen LogP contribution in [0.25, 0.3) is 0 Å². The summed E-state index contributed by atoms with van der Waals surface area (Å²) in [5.74, 6) is 1.04. The van der Waals surface area contributed by atoms with E-state index in [1.165, 1.54) is 22.1 Å². The van der Waals surface area contributed by atoms with E-state index in [0.29, 0.717) is 28.6 Å². The number of carbonyl (C=O) groups excluding carboxylic acids is 1. The monoisotopic (exact) mass is 562 g/mol. The third kappa shape index (κ3) is 4.82. The molecule has 3 unspecified atom stereocenters. The molecule has 0 bridgehead atoms. The first-order chi connectivity index (χ1) is 16.4. The van der Waals surface area contributed by atoms with E-state index >= 15 is 0 Å². The minimum Gasteiger partial charge on any atom is -0.384 e. The van der Waals surface area contributed by atoms with E-state index in [2.05, 4.69) is 98.2 Å². The van der Waals surface area contributed by atoms with E-state index in [-0.39, 0.29) is 12.1 Å². The summed E-state index contributed by atoms with van der Waals surface area (Å²) in [7, 11) is -1.62. The molecule has 1 aromatic rings. The number of urea groups is 1. The SMILES string of the molecule is CCCN1C[C@@H](NC(=O)N(CC)CC)CC2c3cc(Br)cc4c3C(C[C@H]21)C([Si](C)(C)C(C)(C)C)N4. The van der Waals surface area contributed by atoms with Gasteiger partial charge in [-0.25, -0.2) is 4.79 Å². The predicted molar refractivity (Wildman–Crippen MR) is 154 cm³/mol. The lowest BCUT2D eigenvalue weighted by Crippen LogP contribution is -2.59. The van der Waals surface area contributed by atoms with Gasteiger partial charge in [0, 0.05) is 59.4 Å². The van der Waals surface area contributed by atoms with Crippen LogP contribution < -0.4 is 10.6 Å². The molecule has 0 radical (unpaired) electrons. The molecule has 2 N–H and O–H groups in total. The highest BCUT2D eigenvalue weighted by molar-refractivity contribution is 9.10. The minimum atomic E-state index is -1.62. The molecule has 1 fully saturated rings. The largest absolute Gasteiger partial charge is 0.384 e. The number of amides is 2. The quantitative estimate of drug-likeness (QED) is 0.376. The molecule has 2 amide bonds. The van der Waals surface area contributed by atoms with Crippen molar-refractivity contribution in [3.63, 3.8) is 0 Å². The highest BCUT2D eigenvalue weighted by atomic mass is 79.9. The van der Waals surface area contributed by atoms with Crippen LogP contribution in [0.15, 0.2) is 16.6 Å². The maximum atomic E-state index is 12.9. The number of anilines is 1. The standard InChI is InChI=1S/C28H47BrN4OSi/c1-9-12-33-17-19(30-27(34)32(10-2)11-3)15-20-21-13-18(29)14-23-25(21)22(16-24(20)33)26(31-23)35(7,8)28(4,5)6/h13-14,19-20,22,24,26,31H,9-12,15-17H2,1-8H3,(H,30,34)/t19-,20?,22?,24+,26?/m0/s1. The number of nitrogens with zero attached hydrogens (tertiary/aromatic N) is 2. The van der Waals surface area contributed by atoms with E-state index in [4.69, 9.17) is 0 Å². The summed E-state index contributed by atoms with van der Waals surface area (Å²) in [6.45, 7) is 22.5. The highest BCUT2D eigenvalue weighted by Gasteiger charge is 2.54. The van der Waals surface area contributed by atoms with Crippen LogP contribution in [0.5, 0.6) is 0 Å². The molecule has 5 nitrogen and oxygen atoms in total. The Labute approximate surface area is 222 Å². The Morgan fingerprint density at radius 1 is 1.17 bits per heavy atom. The third-order valence-corrected chi connectivity index (χ3v) is 16.1. The molecule has 2 aliphatic heterocycles. The molecule has 196 valence electrons. The fourth-order valence-electron chi connectivity index (χ4n) is 6.86. The number of fused-ring (bicyclic) bond motifs is 2. The molecular weight excluding hydrogens is 516 g/mol. The topological polar surface area (TPSA) is 47.6 Å². The predicted octanol–water partition coefficient (Wildman–Crippen LogP) is 6.77. The summed E-state index contributed by atoms with van der Waals surface area (Å²) in [5.41, 5.74) is 5.00. The van der Waals surface area contributed by atoms with Crippen LogP contribution in [-0.4, -0.2) is 67.8 Å². The Kier molecular flexibility index (Phi) is 7.72. The van der Waals surface area contributed by atoms with Gasteiger partial charge in [0.1, 0.15) is 0 Å². The molecule has 35 heavy (non-hydrogen) atoms. The second kappa shape index (κ2) is 10.0. The number of hydrogen-bond acceptors (Lipinski definition) is 3. The van der Waals surface area contributed by atoms with E-state index in [0.717, 1.165) is 39.0 Å². The van der Waals surface area contributed by atoms with E-state index in [9.17, 15) is 4.79 Å². The van der Waals surface area contributed by atoms with Crippen molar-refractivity contribution < 1.29 is 4.79 Å². The van der Waals surface area contributed by atoms with Crippen LogP contribution in [0.2, 0.25) is 18.1 Å². The van der Waals surface area contributed by atoms with Crippen LogP contribution in [-0.2, 0) is 0 Å². The molecule has 7 heteroatoms. The van der Waals surface area contributed by atoms with E-state index in [1.807, 2.05) is 4.90 Å². The Morgan fingerprint density at radius 3 is 2.46 bits per heavy atom. The maximum Gasteiger partial charge on any atom is 0.317 e. The molecule has 1 saturated heterocycles. The zero-order valence-corrected chi connectivity index (χ0v) is 25.8. The summed E-state index contributed by atoms with van der Waals surface area (Å²) < 4.78 is 1.17. The molecule has 3 aliphatic rings. The van der Waals surface area contributed by atoms with Crippen LogP contribution in [0, 0.1) is 0 Å². The summed E-state index contributed by atoms with van der Waals surface area (Å²) in [6.07, 6.45) is 3.40. The van der Waals surface area contributed by atoms with Crippen molar-refractivity contribution in [1.29, 1.82) is 0 Å². The molecule has 0 spiro atoms.